The van der Waals surface area contributed by atoms with Crippen LogP contribution in [0.25, 0.3) is 99.6 Å². The summed E-state index contributed by atoms with van der Waals surface area (Å²) < 4.78 is 0. The molecule has 0 unspecified atom stereocenters. The zero-order chi connectivity index (χ0) is 34.4. The topological polar surface area (TPSA) is 38.7 Å². The van der Waals surface area contributed by atoms with Crippen LogP contribution in [0.1, 0.15) is 0 Å². The molecule has 0 N–H and O–H groups in total. The summed E-state index contributed by atoms with van der Waals surface area (Å²) in [5, 5.41) is 7.87. The Morgan fingerprint density at radius 1 is 0.308 bits per heavy atom. The van der Waals surface area contributed by atoms with E-state index in [2.05, 4.69) is 157 Å². The van der Waals surface area contributed by atoms with E-state index in [1.165, 1.54) is 54.6 Å². The van der Waals surface area contributed by atoms with Gasteiger partial charge in [0, 0.05) is 18.0 Å². The molecule has 242 valence electrons. The fraction of sp³-hybridized carbons (Fsp3) is 0. The standard InChI is InChI=1S/C49H31N3/c1-2-7-32(8-3-1)41-29-46(44-11-4-5-28-50-44)52-47(30-41)45-27-24-40(31-51-45)35-14-12-33(13-15-35)34-16-18-36(19-17-34)42-25-22-39-21-20-37-9-6-10-38-23-26-43(42)49(39)48(37)38/h1-31H. The molecule has 0 fully saturated rings. The van der Waals surface area contributed by atoms with Gasteiger partial charge in [0.15, 0.2) is 0 Å². The molecule has 0 atom stereocenters. The van der Waals surface area contributed by atoms with Crippen molar-refractivity contribution in [3.8, 4) is 67.3 Å². The van der Waals surface area contributed by atoms with Crippen molar-refractivity contribution < 1.29 is 0 Å². The zero-order valence-corrected chi connectivity index (χ0v) is 28.2. The van der Waals surface area contributed by atoms with Crippen molar-refractivity contribution in [2.45, 2.75) is 0 Å². The molecule has 7 aromatic carbocycles. The molecule has 10 rings (SSSR count). The van der Waals surface area contributed by atoms with E-state index in [9.17, 15) is 0 Å². The van der Waals surface area contributed by atoms with Gasteiger partial charge in [-0.1, -0.05) is 146 Å². The number of rotatable bonds is 6. The average Bonchev–Trinajstić information content (AvgIpc) is 3.23. The number of hydrogen-bond acceptors (Lipinski definition) is 3. The summed E-state index contributed by atoms with van der Waals surface area (Å²) in [5.74, 6) is 0. The molecule has 10 aromatic rings. The second-order valence-electron chi connectivity index (χ2n) is 13.3. The third-order valence-electron chi connectivity index (χ3n) is 10.2. The largest absolute Gasteiger partial charge is 0.255 e. The quantitative estimate of drug-likeness (QED) is 0.166. The van der Waals surface area contributed by atoms with Crippen LogP contribution in [0, 0.1) is 0 Å². The maximum absolute atomic E-state index is 4.98. The molecule has 0 amide bonds. The Labute approximate surface area is 301 Å². The number of hydrogen-bond donors (Lipinski definition) is 0. The minimum absolute atomic E-state index is 0.814. The van der Waals surface area contributed by atoms with E-state index < -0.39 is 0 Å². The molecule has 0 aliphatic heterocycles. The SMILES string of the molecule is c1ccc(-c2cc(-c3ccccn3)nc(-c3ccc(-c4ccc(-c5ccc(-c6ccc7ccc8cccc9ccc6c7c89)cc5)cc4)cn3)c2)cc1. The van der Waals surface area contributed by atoms with Gasteiger partial charge in [-0.3, -0.25) is 9.97 Å². The van der Waals surface area contributed by atoms with Crippen LogP contribution in [0.5, 0.6) is 0 Å². The molecule has 3 heteroatoms. The molecule has 0 aliphatic rings. The molecule has 0 saturated heterocycles. The van der Waals surface area contributed by atoms with Gasteiger partial charge in [0.05, 0.1) is 22.8 Å². The molecule has 52 heavy (non-hydrogen) atoms. The van der Waals surface area contributed by atoms with Gasteiger partial charge in [0.25, 0.3) is 0 Å². The van der Waals surface area contributed by atoms with E-state index in [1.54, 1.807) is 6.20 Å². The summed E-state index contributed by atoms with van der Waals surface area (Å²) >= 11 is 0. The van der Waals surface area contributed by atoms with E-state index in [4.69, 9.17) is 9.97 Å². The lowest BCUT2D eigenvalue weighted by Crippen LogP contribution is -1.94. The monoisotopic (exact) mass is 661 g/mol. The van der Waals surface area contributed by atoms with Crippen LogP contribution in [0.15, 0.2) is 188 Å². The van der Waals surface area contributed by atoms with E-state index >= 15 is 0 Å². The van der Waals surface area contributed by atoms with E-state index in [0.29, 0.717) is 0 Å². The molecule has 0 saturated carbocycles. The van der Waals surface area contributed by atoms with Gasteiger partial charge in [-0.15, -0.1) is 0 Å². The third-order valence-corrected chi connectivity index (χ3v) is 10.2. The summed E-state index contributed by atoms with van der Waals surface area (Å²) in [5.41, 5.74) is 12.5. The molecular weight excluding hydrogens is 631 g/mol. The van der Waals surface area contributed by atoms with Crippen molar-refractivity contribution in [1.82, 2.24) is 15.0 Å². The first-order valence-corrected chi connectivity index (χ1v) is 17.6. The maximum atomic E-state index is 4.98. The first-order valence-electron chi connectivity index (χ1n) is 17.6. The Bertz CT molecular complexity index is 2770. The molecule has 3 heterocycles. The molecule has 0 radical (unpaired) electrons. The highest BCUT2D eigenvalue weighted by Crippen LogP contribution is 2.40. The number of nitrogens with zero attached hydrogens (tertiary/aromatic N) is 3. The van der Waals surface area contributed by atoms with Gasteiger partial charge >= 0.3 is 0 Å². The van der Waals surface area contributed by atoms with Crippen LogP contribution in [-0.4, -0.2) is 15.0 Å². The predicted octanol–water partition coefficient (Wildman–Crippen LogP) is 12.8. The highest BCUT2D eigenvalue weighted by molar-refractivity contribution is 6.25. The second kappa shape index (κ2) is 12.4. The second-order valence-corrected chi connectivity index (χ2v) is 13.3. The third kappa shape index (κ3) is 5.28. The average molecular weight is 662 g/mol. The van der Waals surface area contributed by atoms with Crippen molar-refractivity contribution in [2.24, 2.45) is 0 Å². The van der Waals surface area contributed by atoms with E-state index in [1.807, 2.05) is 30.5 Å². The summed E-state index contributed by atoms with van der Waals surface area (Å²) in [6, 6.07) is 62.4. The summed E-state index contributed by atoms with van der Waals surface area (Å²) in [6.07, 6.45) is 3.74. The minimum atomic E-state index is 0.814. The first-order chi connectivity index (χ1) is 25.7. The lowest BCUT2D eigenvalue weighted by molar-refractivity contribution is 1.22. The molecule has 0 spiro atoms. The minimum Gasteiger partial charge on any atom is -0.255 e. The maximum Gasteiger partial charge on any atom is 0.0900 e. The fourth-order valence-corrected chi connectivity index (χ4v) is 7.51. The lowest BCUT2D eigenvalue weighted by atomic mass is 9.89. The van der Waals surface area contributed by atoms with E-state index in [-0.39, 0.29) is 0 Å². The Hall–Kier alpha value is -6.97. The van der Waals surface area contributed by atoms with Gasteiger partial charge in [0.2, 0.25) is 0 Å². The first kappa shape index (κ1) is 29.9. The van der Waals surface area contributed by atoms with Crippen molar-refractivity contribution in [3.63, 3.8) is 0 Å². The molecule has 3 aromatic heterocycles. The van der Waals surface area contributed by atoms with Crippen LogP contribution in [0.3, 0.4) is 0 Å². The predicted molar refractivity (Wildman–Crippen MR) is 216 cm³/mol. The van der Waals surface area contributed by atoms with Crippen molar-refractivity contribution in [2.75, 3.05) is 0 Å². The van der Waals surface area contributed by atoms with Crippen LogP contribution >= 0.6 is 0 Å². The Balaban J connectivity index is 0.923. The molecule has 3 nitrogen and oxygen atoms in total. The van der Waals surface area contributed by atoms with Gasteiger partial charge in [-0.25, -0.2) is 4.98 Å². The Kier molecular flexibility index (Phi) is 7.14. The van der Waals surface area contributed by atoms with Crippen LogP contribution in [0.4, 0.5) is 0 Å². The van der Waals surface area contributed by atoms with Crippen molar-refractivity contribution >= 4 is 32.3 Å². The Morgan fingerprint density at radius 3 is 1.52 bits per heavy atom. The normalized spacial score (nSPS) is 11.5. The van der Waals surface area contributed by atoms with Gasteiger partial charge in [0.1, 0.15) is 0 Å². The van der Waals surface area contributed by atoms with Gasteiger partial charge in [-0.05, 0) is 102 Å². The van der Waals surface area contributed by atoms with Crippen molar-refractivity contribution in [3.05, 3.63) is 188 Å². The van der Waals surface area contributed by atoms with Gasteiger partial charge in [-0.2, -0.15) is 0 Å². The van der Waals surface area contributed by atoms with Crippen LogP contribution < -0.4 is 0 Å². The summed E-state index contributed by atoms with van der Waals surface area (Å²) in [6.45, 7) is 0. The zero-order valence-electron chi connectivity index (χ0n) is 28.2. The molecule has 0 bridgehead atoms. The van der Waals surface area contributed by atoms with Gasteiger partial charge < -0.3 is 0 Å². The highest BCUT2D eigenvalue weighted by atomic mass is 14.8. The molecule has 0 aliphatic carbocycles. The summed E-state index contributed by atoms with van der Waals surface area (Å²) in [7, 11) is 0. The number of aromatic nitrogens is 3. The Morgan fingerprint density at radius 2 is 0.865 bits per heavy atom. The number of benzene rings is 7. The molecular formula is C49H31N3. The van der Waals surface area contributed by atoms with Crippen LogP contribution in [-0.2, 0) is 0 Å². The van der Waals surface area contributed by atoms with E-state index in [0.717, 1.165) is 45.0 Å². The van der Waals surface area contributed by atoms with Crippen molar-refractivity contribution in [1.29, 1.82) is 0 Å². The summed E-state index contributed by atoms with van der Waals surface area (Å²) in [4.78, 5) is 14.4. The fourth-order valence-electron chi connectivity index (χ4n) is 7.51. The smallest absolute Gasteiger partial charge is 0.0900 e. The van der Waals surface area contributed by atoms with Crippen LogP contribution in [0.2, 0.25) is 0 Å². The highest BCUT2D eigenvalue weighted by Gasteiger charge is 2.13. The lowest BCUT2D eigenvalue weighted by Gasteiger charge is -2.14. The number of pyridine rings is 3.